The largest absolute Gasteiger partial charge is 0.355 e. The van der Waals surface area contributed by atoms with Gasteiger partial charge >= 0.3 is 0 Å². The van der Waals surface area contributed by atoms with E-state index in [1.165, 1.54) is 44.9 Å². The molecule has 2 aliphatic rings. The molecule has 0 saturated heterocycles. The van der Waals surface area contributed by atoms with Gasteiger partial charge in [0.1, 0.15) is 0 Å². The third kappa shape index (κ3) is 4.79. The Hall–Kier alpha value is -0.570. The van der Waals surface area contributed by atoms with Crippen LogP contribution in [0, 0.1) is 17.8 Å². The molecule has 2 fully saturated rings. The highest BCUT2D eigenvalue weighted by Crippen LogP contribution is 2.40. The molecule has 19 heavy (non-hydrogen) atoms. The van der Waals surface area contributed by atoms with Gasteiger partial charge in [0.2, 0.25) is 5.91 Å². The molecule has 2 rings (SSSR count). The first-order chi connectivity index (χ1) is 9.15. The number of carbonyl (C=O) groups excluding carboxylic acids is 1. The number of carbonyl (C=O) groups is 1. The Morgan fingerprint density at radius 3 is 2.58 bits per heavy atom. The van der Waals surface area contributed by atoms with E-state index in [9.17, 15) is 4.79 Å². The van der Waals surface area contributed by atoms with E-state index in [1.54, 1.807) is 0 Å². The van der Waals surface area contributed by atoms with Gasteiger partial charge in [-0.3, -0.25) is 4.79 Å². The molecular formula is C16H30N2O. The Morgan fingerprint density at radius 2 is 1.84 bits per heavy atom. The van der Waals surface area contributed by atoms with Gasteiger partial charge in [0.05, 0.1) is 6.54 Å². The number of nitrogens with one attached hydrogen (secondary N) is 2. The van der Waals surface area contributed by atoms with Crippen molar-refractivity contribution in [1.82, 2.24) is 10.6 Å². The fourth-order valence-electron chi connectivity index (χ4n) is 3.68. The SMILES string of the molecule is CC(C)CNC(=O)CNC1CCC2CCCCC2C1. The summed E-state index contributed by atoms with van der Waals surface area (Å²) in [7, 11) is 0. The third-order valence-electron chi connectivity index (χ3n) is 4.80. The van der Waals surface area contributed by atoms with Gasteiger partial charge in [0, 0.05) is 12.6 Å². The highest BCUT2D eigenvalue weighted by atomic mass is 16.1. The molecule has 2 N–H and O–H groups in total. The second-order valence-corrected chi connectivity index (χ2v) is 6.89. The van der Waals surface area contributed by atoms with Gasteiger partial charge in [-0.2, -0.15) is 0 Å². The van der Waals surface area contributed by atoms with Crippen LogP contribution in [0.15, 0.2) is 0 Å². The summed E-state index contributed by atoms with van der Waals surface area (Å²) in [6.07, 6.45) is 9.66. The van der Waals surface area contributed by atoms with Crippen LogP contribution in [-0.4, -0.2) is 25.0 Å². The van der Waals surface area contributed by atoms with E-state index in [1.807, 2.05) is 0 Å². The molecule has 0 aliphatic heterocycles. The minimum absolute atomic E-state index is 0.152. The second-order valence-electron chi connectivity index (χ2n) is 6.89. The zero-order valence-electron chi connectivity index (χ0n) is 12.6. The Kier molecular flexibility index (Phi) is 5.68. The van der Waals surface area contributed by atoms with Crippen LogP contribution in [0.25, 0.3) is 0 Å². The molecule has 110 valence electrons. The van der Waals surface area contributed by atoms with Crippen LogP contribution in [0.2, 0.25) is 0 Å². The average Bonchev–Trinajstić information content (AvgIpc) is 2.42. The van der Waals surface area contributed by atoms with Crippen LogP contribution in [0.5, 0.6) is 0 Å². The minimum Gasteiger partial charge on any atom is -0.355 e. The Balaban J connectivity index is 1.65. The minimum atomic E-state index is 0.152. The van der Waals surface area contributed by atoms with E-state index in [2.05, 4.69) is 24.5 Å². The van der Waals surface area contributed by atoms with Crippen LogP contribution in [0.4, 0.5) is 0 Å². The van der Waals surface area contributed by atoms with Gasteiger partial charge in [0.15, 0.2) is 0 Å². The lowest BCUT2D eigenvalue weighted by Crippen LogP contribution is -2.43. The lowest BCUT2D eigenvalue weighted by molar-refractivity contribution is -0.120. The number of rotatable bonds is 5. The Labute approximate surface area is 117 Å². The monoisotopic (exact) mass is 266 g/mol. The summed E-state index contributed by atoms with van der Waals surface area (Å²) in [5.74, 6) is 2.60. The van der Waals surface area contributed by atoms with Crippen molar-refractivity contribution in [2.75, 3.05) is 13.1 Å². The van der Waals surface area contributed by atoms with E-state index in [4.69, 9.17) is 0 Å². The predicted molar refractivity (Wildman–Crippen MR) is 78.9 cm³/mol. The van der Waals surface area contributed by atoms with Gasteiger partial charge in [-0.1, -0.05) is 39.5 Å². The first-order valence-electron chi connectivity index (χ1n) is 8.15. The molecule has 0 aromatic heterocycles. The topological polar surface area (TPSA) is 41.1 Å². The van der Waals surface area contributed by atoms with Crippen LogP contribution >= 0.6 is 0 Å². The molecule has 1 amide bonds. The van der Waals surface area contributed by atoms with Crippen LogP contribution < -0.4 is 10.6 Å². The summed E-state index contributed by atoms with van der Waals surface area (Å²) in [4.78, 5) is 11.7. The van der Waals surface area contributed by atoms with Crippen molar-refractivity contribution in [3.8, 4) is 0 Å². The van der Waals surface area contributed by atoms with Gasteiger partial charge in [-0.25, -0.2) is 0 Å². The normalized spacial score (nSPS) is 31.0. The van der Waals surface area contributed by atoms with Crippen LogP contribution in [-0.2, 0) is 4.79 Å². The maximum Gasteiger partial charge on any atom is 0.233 e. The van der Waals surface area contributed by atoms with Gasteiger partial charge < -0.3 is 10.6 Å². The van der Waals surface area contributed by atoms with E-state index < -0.39 is 0 Å². The molecule has 2 saturated carbocycles. The van der Waals surface area contributed by atoms with E-state index >= 15 is 0 Å². The fraction of sp³-hybridized carbons (Fsp3) is 0.938. The number of hydrogen-bond donors (Lipinski definition) is 2. The average molecular weight is 266 g/mol. The van der Waals surface area contributed by atoms with Crippen LogP contribution in [0.1, 0.15) is 58.8 Å². The molecule has 0 aromatic rings. The molecule has 0 aromatic carbocycles. The molecule has 3 atom stereocenters. The summed E-state index contributed by atoms with van der Waals surface area (Å²) in [6.45, 7) is 5.53. The van der Waals surface area contributed by atoms with Crippen molar-refractivity contribution in [2.45, 2.75) is 64.8 Å². The standard InChI is InChI=1S/C16H30N2O/c1-12(2)10-18-16(19)11-17-15-8-7-13-5-3-4-6-14(13)9-15/h12-15,17H,3-11H2,1-2H3,(H,18,19). The van der Waals surface area contributed by atoms with Gasteiger partial charge in [0.25, 0.3) is 0 Å². The lowest BCUT2D eigenvalue weighted by atomic mass is 9.69. The third-order valence-corrected chi connectivity index (χ3v) is 4.80. The van der Waals surface area contributed by atoms with Gasteiger partial charge in [-0.15, -0.1) is 0 Å². The van der Waals surface area contributed by atoms with E-state index in [0.717, 1.165) is 18.4 Å². The van der Waals surface area contributed by atoms with Crippen molar-refractivity contribution in [2.24, 2.45) is 17.8 Å². The van der Waals surface area contributed by atoms with Crippen molar-refractivity contribution in [3.63, 3.8) is 0 Å². The van der Waals surface area contributed by atoms with Crippen molar-refractivity contribution >= 4 is 5.91 Å². The maximum absolute atomic E-state index is 11.7. The summed E-state index contributed by atoms with van der Waals surface area (Å²) in [6, 6.07) is 0.573. The van der Waals surface area contributed by atoms with E-state index in [-0.39, 0.29) is 5.91 Å². The zero-order chi connectivity index (χ0) is 13.7. The molecule has 3 nitrogen and oxygen atoms in total. The quantitative estimate of drug-likeness (QED) is 0.803. The van der Waals surface area contributed by atoms with Gasteiger partial charge in [-0.05, 0) is 37.0 Å². The van der Waals surface area contributed by atoms with Crippen molar-refractivity contribution in [1.29, 1.82) is 0 Å². The first-order valence-corrected chi connectivity index (χ1v) is 8.15. The number of fused-ring (bicyclic) bond motifs is 1. The molecule has 3 unspecified atom stereocenters. The molecule has 0 spiro atoms. The summed E-state index contributed by atoms with van der Waals surface area (Å²) >= 11 is 0. The Bertz CT molecular complexity index is 290. The highest BCUT2D eigenvalue weighted by Gasteiger charge is 2.31. The van der Waals surface area contributed by atoms with E-state index in [0.29, 0.717) is 18.5 Å². The summed E-state index contributed by atoms with van der Waals surface area (Å²) < 4.78 is 0. The predicted octanol–water partition coefficient (Wildman–Crippen LogP) is 2.71. The smallest absolute Gasteiger partial charge is 0.233 e. The molecule has 3 heteroatoms. The fourth-order valence-corrected chi connectivity index (χ4v) is 3.68. The molecule has 0 radical (unpaired) electrons. The summed E-state index contributed by atoms with van der Waals surface area (Å²) in [5.41, 5.74) is 0. The molecule has 0 bridgehead atoms. The number of hydrogen-bond acceptors (Lipinski definition) is 2. The van der Waals surface area contributed by atoms with Crippen molar-refractivity contribution < 1.29 is 4.79 Å². The second kappa shape index (κ2) is 7.28. The summed E-state index contributed by atoms with van der Waals surface area (Å²) in [5, 5.41) is 6.44. The van der Waals surface area contributed by atoms with Crippen molar-refractivity contribution in [3.05, 3.63) is 0 Å². The highest BCUT2D eigenvalue weighted by molar-refractivity contribution is 5.77. The molecular weight excluding hydrogens is 236 g/mol. The zero-order valence-corrected chi connectivity index (χ0v) is 12.6. The lowest BCUT2D eigenvalue weighted by Gasteiger charge is -2.39. The molecule has 2 aliphatic carbocycles. The maximum atomic E-state index is 11.7. The van der Waals surface area contributed by atoms with Crippen LogP contribution in [0.3, 0.4) is 0 Å². The first kappa shape index (κ1) is 14.8. The number of amides is 1. The molecule has 0 heterocycles. The Morgan fingerprint density at radius 1 is 1.11 bits per heavy atom.